The zero-order valence-electron chi connectivity index (χ0n) is 17.0. The molecule has 0 aromatic heterocycles. The van der Waals surface area contributed by atoms with Crippen molar-refractivity contribution in [2.24, 2.45) is 11.7 Å². The van der Waals surface area contributed by atoms with Gasteiger partial charge in [0.05, 0.1) is 12.1 Å². The summed E-state index contributed by atoms with van der Waals surface area (Å²) in [6.45, 7) is 4.58. The number of hydrogen-bond donors (Lipinski definition) is 8. The van der Waals surface area contributed by atoms with E-state index in [1.165, 1.54) is 0 Å². The van der Waals surface area contributed by atoms with Crippen molar-refractivity contribution < 1.29 is 39.3 Å². The third kappa shape index (κ3) is 9.41. The van der Waals surface area contributed by atoms with Gasteiger partial charge in [0.15, 0.2) is 6.04 Å². The number of amides is 3. The van der Waals surface area contributed by atoms with Gasteiger partial charge in [0.25, 0.3) is 0 Å². The van der Waals surface area contributed by atoms with Crippen LogP contribution in [0.25, 0.3) is 0 Å². The molecule has 8 N–H and O–H groups in total. The van der Waals surface area contributed by atoms with Crippen LogP contribution in [0.4, 0.5) is 0 Å². The Morgan fingerprint density at radius 1 is 0.900 bits per heavy atom. The smallest absolute Gasteiger partial charge is 0.328 e. The number of carboxylic acid groups (broad SMARTS) is 2. The van der Waals surface area contributed by atoms with E-state index in [4.69, 9.17) is 15.9 Å². The lowest BCUT2D eigenvalue weighted by atomic mass is 10.0. The summed E-state index contributed by atoms with van der Waals surface area (Å²) in [6.07, 6.45) is -2.29. The maximum absolute atomic E-state index is 12.5. The van der Waals surface area contributed by atoms with E-state index in [-0.39, 0.29) is 18.1 Å². The Bertz CT molecular complexity index is 643. The van der Waals surface area contributed by atoms with Gasteiger partial charge in [-0.3, -0.25) is 19.2 Å². The molecule has 0 aliphatic carbocycles. The average molecular weight is 451 g/mol. The lowest BCUT2D eigenvalue weighted by molar-refractivity contribution is -0.145. The third-order valence-electron chi connectivity index (χ3n) is 4.16. The number of nitrogens with two attached hydrogens (primary N) is 1. The standard InChI is InChI=1S/C17H30N4O8S/c1-7(2)12(18)16(27)20-10(6-30)15(26)19-9(4-5-11(23)24)14(25)21-13(8(3)22)17(28)29/h7-10,12-13,22,30H,4-6,18H2,1-3H3,(H,19,26)(H,20,27)(H,21,25)(H,23,24)(H,28,29). The topological polar surface area (TPSA) is 208 Å². The normalized spacial score (nSPS) is 16.0. The zero-order chi connectivity index (χ0) is 23.6. The molecule has 5 unspecified atom stereocenters. The van der Waals surface area contributed by atoms with Crippen LogP contribution in [0.3, 0.4) is 0 Å². The molecule has 0 aliphatic heterocycles. The summed E-state index contributed by atoms with van der Waals surface area (Å²) in [4.78, 5) is 59.0. The van der Waals surface area contributed by atoms with Gasteiger partial charge in [-0.25, -0.2) is 4.79 Å². The Balaban J connectivity index is 5.34. The number of carbonyl (C=O) groups is 5. The number of aliphatic hydroxyl groups excluding tert-OH is 1. The summed E-state index contributed by atoms with van der Waals surface area (Å²) in [6, 6.07) is -5.13. The fraction of sp³-hybridized carbons (Fsp3) is 0.706. The number of thiol groups is 1. The SMILES string of the molecule is CC(C)C(N)C(=O)NC(CS)C(=O)NC(CCC(=O)O)C(=O)NC(C(=O)O)C(C)O. The van der Waals surface area contributed by atoms with Gasteiger partial charge in [-0.15, -0.1) is 0 Å². The quantitative estimate of drug-likeness (QED) is 0.141. The molecule has 0 rings (SSSR count). The molecular formula is C17H30N4O8S. The van der Waals surface area contributed by atoms with Crippen LogP contribution in [0.5, 0.6) is 0 Å². The van der Waals surface area contributed by atoms with Crippen molar-refractivity contribution in [1.29, 1.82) is 0 Å². The molecule has 13 heteroatoms. The molecule has 0 heterocycles. The molecule has 0 saturated carbocycles. The number of carbonyl (C=O) groups excluding carboxylic acids is 3. The van der Waals surface area contributed by atoms with Crippen LogP contribution in [0.1, 0.15) is 33.6 Å². The van der Waals surface area contributed by atoms with E-state index in [0.717, 1.165) is 6.92 Å². The van der Waals surface area contributed by atoms with Crippen molar-refractivity contribution in [3.8, 4) is 0 Å². The highest BCUT2D eigenvalue weighted by Crippen LogP contribution is 2.04. The Hall–Kier alpha value is -2.38. The highest BCUT2D eigenvalue weighted by molar-refractivity contribution is 7.80. The summed E-state index contributed by atoms with van der Waals surface area (Å²) < 4.78 is 0. The lowest BCUT2D eigenvalue weighted by Crippen LogP contribution is -2.59. The Morgan fingerprint density at radius 2 is 1.40 bits per heavy atom. The van der Waals surface area contributed by atoms with Crippen molar-refractivity contribution >= 4 is 42.3 Å². The minimum Gasteiger partial charge on any atom is -0.481 e. The number of nitrogens with one attached hydrogen (secondary N) is 3. The van der Waals surface area contributed by atoms with Crippen molar-refractivity contribution in [2.75, 3.05) is 5.75 Å². The number of carboxylic acids is 2. The second-order valence-electron chi connectivity index (χ2n) is 7.07. The average Bonchev–Trinajstić information content (AvgIpc) is 2.65. The molecule has 0 aromatic carbocycles. The summed E-state index contributed by atoms with van der Waals surface area (Å²) in [5.74, 6) is -5.52. The monoisotopic (exact) mass is 450 g/mol. The van der Waals surface area contributed by atoms with E-state index in [1.54, 1.807) is 13.8 Å². The summed E-state index contributed by atoms with van der Waals surface area (Å²) in [5, 5.41) is 34.2. The highest BCUT2D eigenvalue weighted by Gasteiger charge is 2.32. The van der Waals surface area contributed by atoms with E-state index < -0.39 is 66.4 Å². The number of aliphatic carboxylic acids is 2. The fourth-order valence-corrected chi connectivity index (χ4v) is 2.47. The van der Waals surface area contributed by atoms with Crippen LogP contribution in [0, 0.1) is 5.92 Å². The van der Waals surface area contributed by atoms with Gasteiger partial charge in [0, 0.05) is 12.2 Å². The minimum atomic E-state index is -1.66. The molecule has 172 valence electrons. The largest absolute Gasteiger partial charge is 0.481 e. The molecule has 5 atom stereocenters. The molecule has 0 bridgehead atoms. The second kappa shape index (κ2) is 13.0. The van der Waals surface area contributed by atoms with E-state index in [1.807, 2.05) is 0 Å². The molecule has 0 radical (unpaired) electrons. The molecule has 3 amide bonds. The van der Waals surface area contributed by atoms with Crippen LogP contribution in [0.2, 0.25) is 0 Å². The van der Waals surface area contributed by atoms with Gasteiger partial charge >= 0.3 is 11.9 Å². The van der Waals surface area contributed by atoms with E-state index in [2.05, 4.69) is 28.6 Å². The van der Waals surface area contributed by atoms with Crippen molar-refractivity contribution in [1.82, 2.24) is 16.0 Å². The van der Waals surface area contributed by atoms with Crippen LogP contribution in [0.15, 0.2) is 0 Å². The first-order valence-corrected chi connectivity index (χ1v) is 9.85. The fourth-order valence-electron chi connectivity index (χ4n) is 2.22. The third-order valence-corrected chi connectivity index (χ3v) is 4.53. The highest BCUT2D eigenvalue weighted by atomic mass is 32.1. The molecular weight excluding hydrogens is 420 g/mol. The molecule has 0 fully saturated rings. The Labute approximate surface area is 179 Å². The summed E-state index contributed by atoms with van der Waals surface area (Å²) >= 11 is 4.00. The maximum Gasteiger partial charge on any atom is 0.328 e. The van der Waals surface area contributed by atoms with Crippen LogP contribution >= 0.6 is 12.6 Å². The van der Waals surface area contributed by atoms with Gasteiger partial charge < -0.3 is 37.0 Å². The van der Waals surface area contributed by atoms with Gasteiger partial charge in [-0.05, 0) is 19.3 Å². The Kier molecular flexibility index (Phi) is 12.0. The van der Waals surface area contributed by atoms with Crippen molar-refractivity contribution in [2.45, 2.75) is 63.9 Å². The van der Waals surface area contributed by atoms with Gasteiger partial charge in [0.2, 0.25) is 17.7 Å². The Morgan fingerprint density at radius 3 is 1.80 bits per heavy atom. The summed E-state index contributed by atoms with van der Waals surface area (Å²) in [5.41, 5.74) is 5.73. The number of hydrogen-bond acceptors (Lipinski definition) is 8. The van der Waals surface area contributed by atoms with E-state index >= 15 is 0 Å². The van der Waals surface area contributed by atoms with Gasteiger partial charge in [-0.2, -0.15) is 12.6 Å². The van der Waals surface area contributed by atoms with Crippen LogP contribution < -0.4 is 21.7 Å². The van der Waals surface area contributed by atoms with E-state index in [9.17, 15) is 29.1 Å². The molecule has 0 aliphatic rings. The molecule has 12 nitrogen and oxygen atoms in total. The molecule has 0 saturated heterocycles. The van der Waals surface area contributed by atoms with E-state index in [0.29, 0.717) is 0 Å². The van der Waals surface area contributed by atoms with Gasteiger partial charge in [-0.1, -0.05) is 13.8 Å². The lowest BCUT2D eigenvalue weighted by Gasteiger charge is -2.25. The number of rotatable bonds is 13. The minimum absolute atomic E-state index is 0.138. The van der Waals surface area contributed by atoms with Crippen LogP contribution in [-0.2, 0) is 24.0 Å². The summed E-state index contributed by atoms with van der Waals surface area (Å²) in [7, 11) is 0. The maximum atomic E-state index is 12.5. The molecule has 30 heavy (non-hydrogen) atoms. The number of aliphatic hydroxyl groups is 1. The second-order valence-corrected chi connectivity index (χ2v) is 7.44. The molecule has 0 aromatic rings. The first-order valence-electron chi connectivity index (χ1n) is 9.22. The van der Waals surface area contributed by atoms with Crippen molar-refractivity contribution in [3.05, 3.63) is 0 Å². The predicted octanol–water partition coefficient (Wildman–Crippen LogP) is -2.32. The first-order chi connectivity index (χ1) is 13.8. The molecule has 0 spiro atoms. The first kappa shape index (κ1) is 27.6. The zero-order valence-corrected chi connectivity index (χ0v) is 17.9. The van der Waals surface area contributed by atoms with Crippen LogP contribution in [-0.4, -0.2) is 81.0 Å². The van der Waals surface area contributed by atoms with Gasteiger partial charge in [0.1, 0.15) is 12.1 Å². The van der Waals surface area contributed by atoms with Crippen molar-refractivity contribution in [3.63, 3.8) is 0 Å². The predicted molar refractivity (Wildman–Crippen MR) is 109 cm³/mol.